The average molecular weight is 285 g/mol. The Kier molecular flexibility index (Phi) is 3.77. The Bertz CT molecular complexity index is 731. The molecule has 0 saturated carbocycles. The molecule has 0 amide bonds. The molecule has 0 unspecified atom stereocenters. The van der Waals surface area contributed by atoms with Crippen molar-refractivity contribution >= 4 is 17.3 Å². The predicted molar refractivity (Wildman–Crippen MR) is 82.5 cm³/mol. The fourth-order valence-corrected chi connectivity index (χ4v) is 2.14. The topological polar surface area (TPSA) is 67.4 Å². The highest BCUT2D eigenvalue weighted by Crippen LogP contribution is 2.18. The van der Waals surface area contributed by atoms with E-state index in [4.69, 9.17) is 4.42 Å². The molecule has 3 heterocycles. The number of hydrogen-bond acceptors (Lipinski definition) is 5. The van der Waals surface area contributed by atoms with Gasteiger partial charge in [0.15, 0.2) is 11.5 Å². The minimum atomic E-state index is 0.584. The van der Waals surface area contributed by atoms with Crippen LogP contribution in [-0.4, -0.2) is 20.9 Å². The van der Waals surface area contributed by atoms with Crippen molar-refractivity contribution in [1.29, 1.82) is 0 Å². The first-order valence-corrected chi connectivity index (χ1v) is 7.13. The summed E-state index contributed by atoms with van der Waals surface area (Å²) in [6.45, 7) is 5.54. The van der Waals surface area contributed by atoms with Crippen LogP contribution < -0.4 is 10.6 Å². The predicted octanol–water partition coefficient (Wildman–Crippen LogP) is 3.06. The van der Waals surface area contributed by atoms with E-state index in [2.05, 4.69) is 27.5 Å². The highest BCUT2D eigenvalue weighted by Gasteiger charge is 2.08. The third-order valence-corrected chi connectivity index (χ3v) is 3.16. The van der Waals surface area contributed by atoms with Crippen LogP contribution in [0.1, 0.15) is 24.9 Å². The maximum atomic E-state index is 5.56. The number of nitrogens with zero attached hydrogens (tertiary/aromatic N) is 3. The number of hydrogen-bond donors (Lipinski definition) is 2. The lowest BCUT2D eigenvalue weighted by atomic mass is 10.4. The molecule has 0 fully saturated rings. The molecule has 21 heavy (non-hydrogen) atoms. The molecule has 0 spiro atoms. The Labute approximate surface area is 123 Å². The zero-order chi connectivity index (χ0) is 14.7. The number of aromatic nitrogens is 3. The normalized spacial score (nSPS) is 11.0. The number of fused-ring (bicyclic) bond motifs is 1. The van der Waals surface area contributed by atoms with Crippen LogP contribution in [0, 0.1) is 6.92 Å². The zero-order valence-electron chi connectivity index (χ0n) is 12.3. The van der Waals surface area contributed by atoms with Gasteiger partial charge in [-0.15, -0.1) is 0 Å². The SMILES string of the molecule is CCCNc1cn2ccnc2c(NCc2ccc(C)o2)n1. The van der Waals surface area contributed by atoms with Crippen molar-refractivity contribution in [2.45, 2.75) is 26.8 Å². The van der Waals surface area contributed by atoms with Crippen molar-refractivity contribution in [2.75, 3.05) is 17.2 Å². The van der Waals surface area contributed by atoms with Gasteiger partial charge in [-0.3, -0.25) is 0 Å². The zero-order valence-corrected chi connectivity index (χ0v) is 12.3. The van der Waals surface area contributed by atoms with Gasteiger partial charge in [0.1, 0.15) is 17.3 Å². The van der Waals surface area contributed by atoms with Gasteiger partial charge in [0.25, 0.3) is 0 Å². The van der Waals surface area contributed by atoms with Crippen LogP contribution in [0.15, 0.2) is 35.1 Å². The second kappa shape index (κ2) is 5.87. The Hall–Kier alpha value is -2.50. The summed E-state index contributed by atoms with van der Waals surface area (Å²) in [7, 11) is 0. The Balaban J connectivity index is 1.83. The number of aryl methyl sites for hydroxylation is 1. The van der Waals surface area contributed by atoms with Crippen LogP contribution in [0.3, 0.4) is 0 Å². The lowest BCUT2D eigenvalue weighted by Crippen LogP contribution is -2.08. The fraction of sp³-hybridized carbons (Fsp3) is 0.333. The summed E-state index contributed by atoms with van der Waals surface area (Å²) in [5.41, 5.74) is 0.806. The van der Waals surface area contributed by atoms with E-state index in [0.717, 1.165) is 41.8 Å². The van der Waals surface area contributed by atoms with E-state index in [1.165, 1.54) is 0 Å². The monoisotopic (exact) mass is 285 g/mol. The Morgan fingerprint density at radius 2 is 2.19 bits per heavy atom. The first kappa shape index (κ1) is 13.5. The maximum Gasteiger partial charge on any atom is 0.180 e. The van der Waals surface area contributed by atoms with Crippen molar-refractivity contribution in [3.8, 4) is 0 Å². The molecule has 0 aliphatic rings. The maximum absolute atomic E-state index is 5.56. The molecule has 3 aromatic rings. The first-order chi connectivity index (χ1) is 10.3. The smallest absolute Gasteiger partial charge is 0.180 e. The number of nitrogens with one attached hydrogen (secondary N) is 2. The molecule has 3 rings (SSSR count). The van der Waals surface area contributed by atoms with Crippen molar-refractivity contribution in [2.24, 2.45) is 0 Å². The van der Waals surface area contributed by atoms with E-state index in [1.54, 1.807) is 6.20 Å². The van der Waals surface area contributed by atoms with E-state index < -0.39 is 0 Å². The molecule has 6 heteroatoms. The largest absolute Gasteiger partial charge is 0.465 e. The Morgan fingerprint density at radius 1 is 1.29 bits per heavy atom. The lowest BCUT2D eigenvalue weighted by molar-refractivity contribution is 0.490. The number of rotatable bonds is 6. The molecule has 0 bridgehead atoms. The van der Waals surface area contributed by atoms with Crippen LogP contribution in [-0.2, 0) is 6.54 Å². The summed E-state index contributed by atoms with van der Waals surface area (Å²) in [5.74, 6) is 3.37. The minimum absolute atomic E-state index is 0.584. The summed E-state index contributed by atoms with van der Waals surface area (Å²) in [4.78, 5) is 8.92. The van der Waals surface area contributed by atoms with Crippen molar-refractivity contribution < 1.29 is 4.42 Å². The second-order valence-electron chi connectivity index (χ2n) is 4.93. The van der Waals surface area contributed by atoms with Crippen molar-refractivity contribution in [1.82, 2.24) is 14.4 Å². The van der Waals surface area contributed by atoms with Crippen molar-refractivity contribution in [3.05, 3.63) is 42.2 Å². The molecule has 110 valence electrons. The third kappa shape index (κ3) is 2.99. The first-order valence-electron chi connectivity index (χ1n) is 7.13. The number of imidazole rings is 1. The molecule has 6 nitrogen and oxygen atoms in total. The number of furan rings is 1. The van der Waals surface area contributed by atoms with Crippen LogP contribution >= 0.6 is 0 Å². The molecule has 0 aliphatic carbocycles. The molecular formula is C15H19N5O. The van der Waals surface area contributed by atoms with Gasteiger partial charge in [0.05, 0.1) is 12.7 Å². The summed E-state index contributed by atoms with van der Waals surface area (Å²) in [6.07, 6.45) is 6.68. The summed E-state index contributed by atoms with van der Waals surface area (Å²) in [5, 5.41) is 6.59. The van der Waals surface area contributed by atoms with Crippen LogP contribution in [0.5, 0.6) is 0 Å². The van der Waals surface area contributed by atoms with Crippen LogP contribution in [0.4, 0.5) is 11.6 Å². The summed E-state index contributed by atoms with van der Waals surface area (Å²) in [6, 6.07) is 3.92. The standard InChI is InChI=1S/C15H19N5O/c1-3-6-16-13-10-20-8-7-17-15(20)14(19-13)18-9-12-5-4-11(2)21-12/h4-5,7-8,10,16H,3,6,9H2,1-2H3,(H,18,19). The van der Waals surface area contributed by atoms with Gasteiger partial charge < -0.3 is 19.5 Å². The van der Waals surface area contributed by atoms with Crippen molar-refractivity contribution in [3.63, 3.8) is 0 Å². The van der Waals surface area contributed by atoms with E-state index in [0.29, 0.717) is 6.54 Å². The van der Waals surface area contributed by atoms with Gasteiger partial charge in [0.2, 0.25) is 0 Å². The van der Waals surface area contributed by atoms with Gasteiger partial charge in [-0.1, -0.05) is 6.92 Å². The second-order valence-corrected chi connectivity index (χ2v) is 4.93. The third-order valence-electron chi connectivity index (χ3n) is 3.16. The molecule has 2 N–H and O–H groups in total. The molecule has 0 radical (unpaired) electrons. The average Bonchev–Trinajstić information content (AvgIpc) is 3.11. The molecular weight excluding hydrogens is 266 g/mol. The molecule has 3 aromatic heterocycles. The number of anilines is 2. The van der Waals surface area contributed by atoms with E-state index >= 15 is 0 Å². The fourth-order valence-electron chi connectivity index (χ4n) is 2.14. The van der Waals surface area contributed by atoms with Gasteiger partial charge in [-0.2, -0.15) is 0 Å². The molecule has 0 aromatic carbocycles. The molecule has 0 aliphatic heterocycles. The minimum Gasteiger partial charge on any atom is -0.465 e. The lowest BCUT2D eigenvalue weighted by Gasteiger charge is -2.10. The van der Waals surface area contributed by atoms with Gasteiger partial charge in [0, 0.05) is 18.9 Å². The highest BCUT2D eigenvalue weighted by atomic mass is 16.3. The van der Waals surface area contributed by atoms with Crippen LogP contribution in [0.25, 0.3) is 5.65 Å². The quantitative estimate of drug-likeness (QED) is 0.728. The van der Waals surface area contributed by atoms with E-state index in [9.17, 15) is 0 Å². The van der Waals surface area contributed by atoms with E-state index in [1.807, 2.05) is 35.9 Å². The molecule has 0 saturated heterocycles. The van der Waals surface area contributed by atoms with E-state index in [-0.39, 0.29) is 0 Å². The van der Waals surface area contributed by atoms with Gasteiger partial charge in [-0.05, 0) is 25.5 Å². The molecule has 0 atom stereocenters. The summed E-state index contributed by atoms with van der Waals surface area (Å²) >= 11 is 0. The highest BCUT2D eigenvalue weighted by molar-refractivity contribution is 5.65. The van der Waals surface area contributed by atoms with Gasteiger partial charge >= 0.3 is 0 Å². The van der Waals surface area contributed by atoms with Crippen LogP contribution in [0.2, 0.25) is 0 Å². The van der Waals surface area contributed by atoms with Gasteiger partial charge in [-0.25, -0.2) is 9.97 Å². The summed E-state index contributed by atoms with van der Waals surface area (Å²) < 4.78 is 7.52. The Morgan fingerprint density at radius 3 is 2.95 bits per heavy atom.